The Labute approximate surface area is 112 Å². The monoisotopic (exact) mass is 270 g/mol. The Hall–Kier alpha value is -1.30. The highest BCUT2D eigenvalue weighted by Crippen LogP contribution is 2.37. The molecule has 0 aromatic carbocycles. The molecule has 2 rings (SSSR count). The number of carboxylic acid groups (broad SMARTS) is 1. The molecule has 6 heteroatoms. The smallest absolute Gasteiger partial charge is 0.315 e. The minimum absolute atomic E-state index is 0.137. The molecule has 3 N–H and O–H groups in total. The normalized spacial score (nSPS) is 22.9. The van der Waals surface area contributed by atoms with Gasteiger partial charge < -0.3 is 20.5 Å². The quantitative estimate of drug-likeness (QED) is 0.714. The fourth-order valence-corrected chi connectivity index (χ4v) is 2.85. The zero-order valence-corrected chi connectivity index (χ0v) is 11.1. The van der Waals surface area contributed by atoms with E-state index in [1.807, 2.05) is 0 Å². The van der Waals surface area contributed by atoms with Crippen LogP contribution in [-0.2, 0) is 9.53 Å². The lowest BCUT2D eigenvalue weighted by Crippen LogP contribution is -2.48. The van der Waals surface area contributed by atoms with Crippen molar-refractivity contribution < 1.29 is 19.4 Å². The van der Waals surface area contributed by atoms with Crippen LogP contribution in [0.3, 0.4) is 0 Å². The molecule has 1 heterocycles. The fraction of sp³-hybridized carbons (Fsp3) is 0.846. The lowest BCUT2D eigenvalue weighted by Gasteiger charge is -2.26. The maximum Gasteiger partial charge on any atom is 0.315 e. The van der Waals surface area contributed by atoms with Crippen LogP contribution in [0, 0.1) is 5.41 Å². The second-order valence-corrected chi connectivity index (χ2v) is 5.51. The van der Waals surface area contributed by atoms with E-state index in [4.69, 9.17) is 4.74 Å². The number of carboxylic acids is 1. The summed E-state index contributed by atoms with van der Waals surface area (Å²) in [5.74, 6) is -0.795. The summed E-state index contributed by atoms with van der Waals surface area (Å²) in [6.45, 7) is 1.56. The van der Waals surface area contributed by atoms with Gasteiger partial charge in [0.25, 0.3) is 0 Å². The van der Waals surface area contributed by atoms with Crippen molar-refractivity contribution in [2.24, 2.45) is 5.41 Å². The molecule has 0 spiro atoms. The second-order valence-electron chi connectivity index (χ2n) is 5.51. The van der Waals surface area contributed by atoms with Gasteiger partial charge in [-0.3, -0.25) is 4.79 Å². The van der Waals surface area contributed by atoms with E-state index in [0.717, 1.165) is 25.7 Å². The Kier molecular flexibility index (Phi) is 4.63. The lowest BCUT2D eigenvalue weighted by atomic mass is 9.86. The number of urea groups is 1. The first kappa shape index (κ1) is 14.1. The number of amides is 2. The van der Waals surface area contributed by atoms with Crippen LogP contribution in [-0.4, -0.2) is 42.9 Å². The van der Waals surface area contributed by atoms with Gasteiger partial charge in [-0.15, -0.1) is 0 Å². The standard InChI is InChI=1S/C13H22N2O4/c16-11(17)13(5-1-2-6-13)9-14-12(18)15-10-3-7-19-8-4-10/h10H,1-9H2,(H,16,17)(H2,14,15,18). The summed E-state index contributed by atoms with van der Waals surface area (Å²) in [6, 6.07) is -0.127. The minimum Gasteiger partial charge on any atom is -0.481 e. The van der Waals surface area contributed by atoms with Crippen LogP contribution in [0.5, 0.6) is 0 Å². The number of hydrogen-bond donors (Lipinski definition) is 3. The van der Waals surface area contributed by atoms with Crippen molar-refractivity contribution in [1.82, 2.24) is 10.6 Å². The highest BCUT2D eigenvalue weighted by molar-refractivity contribution is 5.78. The Morgan fingerprint density at radius 3 is 2.42 bits per heavy atom. The zero-order chi connectivity index (χ0) is 13.7. The molecule has 1 saturated heterocycles. The van der Waals surface area contributed by atoms with Gasteiger partial charge in [0.1, 0.15) is 0 Å². The molecule has 2 amide bonds. The maximum atomic E-state index is 11.8. The molecular weight excluding hydrogens is 248 g/mol. The Morgan fingerprint density at radius 2 is 1.84 bits per heavy atom. The van der Waals surface area contributed by atoms with Crippen LogP contribution in [0.25, 0.3) is 0 Å². The molecule has 0 bridgehead atoms. The third kappa shape index (κ3) is 3.59. The first-order chi connectivity index (χ1) is 9.12. The SMILES string of the molecule is O=C(NCC1(C(=O)O)CCCC1)NC1CCOCC1. The number of hydrogen-bond acceptors (Lipinski definition) is 3. The van der Waals surface area contributed by atoms with Crippen molar-refractivity contribution in [1.29, 1.82) is 0 Å². The molecule has 2 fully saturated rings. The van der Waals surface area contributed by atoms with Gasteiger partial charge in [0, 0.05) is 25.8 Å². The summed E-state index contributed by atoms with van der Waals surface area (Å²) >= 11 is 0. The fourth-order valence-electron chi connectivity index (χ4n) is 2.85. The van der Waals surface area contributed by atoms with Crippen molar-refractivity contribution in [3.8, 4) is 0 Å². The van der Waals surface area contributed by atoms with Gasteiger partial charge in [0.2, 0.25) is 0 Å². The maximum absolute atomic E-state index is 11.8. The van der Waals surface area contributed by atoms with E-state index >= 15 is 0 Å². The summed E-state index contributed by atoms with van der Waals surface area (Å²) in [6.07, 6.45) is 4.79. The van der Waals surface area contributed by atoms with Gasteiger partial charge in [-0.05, 0) is 25.7 Å². The molecule has 19 heavy (non-hydrogen) atoms. The molecule has 0 aromatic heterocycles. The van der Waals surface area contributed by atoms with E-state index in [1.165, 1.54) is 0 Å². The van der Waals surface area contributed by atoms with Crippen LogP contribution in [0.15, 0.2) is 0 Å². The summed E-state index contributed by atoms with van der Waals surface area (Å²) in [7, 11) is 0. The van der Waals surface area contributed by atoms with E-state index in [1.54, 1.807) is 0 Å². The van der Waals surface area contributed by atoms with Gasteiger partial charge in [-0.1, -0.05) is 12.8 Å². The number of aliphatic carboxylic acids is 1. The molecule has 0 radical (unpaired) electrons. The van der Waals surface area contributed by atoms with Crippen LogP contribution in [0.2, 0.25) is 0 Å². The van der Waals surface area contributed by atoms with Gasteiger partial charge in [-0.2, -0.15) is 0 Å². The van der Waals surface area contributed by atoms with Crippen molar-refractivity contribution in [2.75, 3.05) is 19.8 Å². The molecule has 0 unspecified atom stereocenters. The molecular formula is C13H22N2O4. The van der Waals surface area contributed by atoms with Crippen LogP contribution in [0.1, 0.15) is 38.5 Å². The lowest BCUT2D eigenvalue weighted by molar-refractivity contribution is -0.148. The molecule has 1 aliphatic heterocycles. The van der Waals surface area contributed by atoms with E-state index in [-0.39, 0.29) is 18.6 Å². The second kappa shape index (κ2) is 6.23. The summed E-state index contributed by atoms with van der Waals surface area (Å²) < 4.78 is 5.22. The molecule has 0 aromatic rings. The molecule has 2 aliphatic rings. The Morgan fingerprint density at radius 1 is 1.21 bits per heavy atom. The van der Waals surface area contributed by atoms with Gasteiger partial charge >= 0.3 is 12.0 Å². The largest absolute Gasteiger partial charge is 0.481 e. The van der Waals surface area contributed by atoms with E-state index in [0.29, 0.717) is 26.1 Å². The number of nitrogens with one attached hydrogen (secondary N) is 2. The van der Waals surface area contributed by atoms with Crippen molar-refractivity contribution >= 4 is 12.0 Å². The van der Waals surface area contributed by atoms with Crippen molar-refractivity contribution in [2.45, 2.75) is 44.6 Å². The van der Waals surface area contributed by atoms with Crippen LogP contribution < -0.4 is 10.6 Å². The van der Waals surface area contributed by atoms with Crippen LogP contribution >= 0.6 is 0 Å². The van der Waals surface area contributed by atoms with Crippen LogP contribution in [0.4, 0.5) is 4.79 Å². The molecule has 1 saturated carbocycles. The Balaban J connectivity index is 1.77. The molecule has 6 nitrogen and oxygen atoms in total. The van der Waals surface area contributed by atoms with Crippen molar-refractivity contribution in [3.05, 3.63) is 0 Å². The molecule has 0 atom stereocenters. The van der Waals surface area contributed by atoms with Gasteiger partial charge in [0.05, 0.1) is 5.41 Å². The average Bonchev–Trinajstić information content (AvgIpc) is 2.88. The third-order valence-corrected chi connectivity index (χ3v) is 4.16. The predicted octanol–water partition coefficient (Wildman–Crippen LogP) is 1.11. The summed E-state index contributed by atoms with van der Waals surface area (Å²) in [4.78, 5) is 23.1. The average molecular weight is 270 g/mol. The number of carbonyl (C=O) groups is 2. The van der Waals surface area contributed by atoms with E-state index in [9.17, 15) is 14.7 Å². The number of carbonyl (C=O) groups excluding carboxylic acids is 1. The van der Waals surface area contributed by atoms with Gasteiger partial charge in [-0.25, -0.2) is 4.79 Å². The van der Waals surface area contributed by atoms with Gasteiger partial charge in [0.15, 0.2) is 0 Å². The van der Waals surface area contributed by atoms with E-state index in [2.05, 4.69) is 10.6 Å². The minimum atomic E-state index is -0.795. The molecule has 1 aliphatic carbocycles. The molecule has 108 valence electrons. The summed E-state index contributed by atoms with van der Waals surface area (Å²) in [5.41, 5.74) is -0.757. The number of ether oxygens (including phenoxy) is 1. The third-order valence-electron chi connectivity index (χ3n) is 4.16. The topological polar surface area (TPSA) is 87.7 Å². The zero-order valence-electron chi connectivity index (χ0n) is 11.1. The highest BCUT2D eigenvalue weighted by atomic mass is 16.5. The first-order valence-corrected chi connectivity index (χ1v) is 6.98. The first-order valence-electron chi connectivity index (χ1n) is 6.98. The summed E-state index contributed by atoms with van der Waals surface area (Å²) in [5, 5.41) is 14.9. The highest BCUT2D eigenvalue weighted by Gasteiger charge is 2.41. The van der Waals surface area contributed by atoms with E-state index < -0.39 is 11.4 Å². The number of rotatable bonds is 4. The predicted molar refractivity (Wildman–Crippen MR) is 68.9 cm³/mol. The van der Waals surface area contributed by atoms with Crippen molar-refractivity contribution in [3.63, 3.8) is 0 Å². The Bertz CT molecular complexity index is 334.